The van der Waals surface area contributed by atoms with Crippen molar-refractivity contribution < 1.29 is 4.79 Å². The summed E-state index contributed by atoms with van der Waals surface area (Å²) in [5.74, 6) is 0. The predicted molar refractivity (Wildman–Crippen MR) is 99.2 cm³/mol. The summed E-state index contributed by atoms with van der Waals surface area (Å²) in [6.07, 6.45) is 29.1. The lowest BCUT2D eigenvalue weighted by atomic mass is 10.2. The van der Waals surface area contributed by atoms with Gasteiger partial charge in [0.2, 0.25) is 5.24 Å². The van der Waals surface area contributed by atoms with Crippen LogP contribution in [0.4, 0.5) is 0 Å². The van der Waals surface area contributed by atoms with Crippen LogP contribution < -0.4 is 0 Å². The molecule has 0 saturated heterocycles. The maximum Gasteiger partial charge on any atom is 0.221 e. The topological polar surface area (TPSA) is 17.1 Å². The number of rotatable bonds is 13. The van der Waals surface area contributed by atoms with Crippen LogP contribution in [-0.2, 0) is 4.79 Å². The van der Waals surface area contributed by atoms with Crippen LogP contribution in [0.1, 0.15) is 58.3 Å². The number of unbranched alkanes of at least 4 members (excludes halogenated alkanes) is 1. The Hall–Kier alpha value is -1.34. The van der Waals surface area contributed by atoms with Crippen molar-refractivity contribution in [3.8, 4) is 0 Å². The standard InChI is InChI=1S/C20H29ClO/c1-2-3-4-5-6-7-8-9-10-11-12-13-14-15-16-17-18-19-20(21)22/h3-4,6-7,9-10,12-13,15-16H,2,5,8,11,14,17-19H2,1H3/b4-3?,7-6?,10-9?,13-12-,16-15-. The van der Waals surface area contributed by atoms with E-state index in [-0.39, 0.29) is 5.24 Å². The fraction of sp³-hybridized carbons (Fsp3) is 0.450. The highest BCUT2D eigenvalue weighted by molar-refractivity contribution is 6.63. The summed E-state index contributed by atoms with van der Waals surface area (Å²) in [6.45, 7) is 2.15. The highest BCUT2D eigenvalue weighted by Gasteiger charge is 1.92. The summed E-state index contributed by atoms with van der Waals surface area (Å²) in [7, 11) is 0. The van der Waals surface area contributed by atoms with E-state index in [1.807, 2.05) is 0 Å². The van der Waals surface area contributed by atoms with E-state index in [1.54, 1.807) is 0 Å². The van der Waals surface area contributed by atoms with Crippen molar-refractivity contribution in [2.75, 3.05) is 0 Å². The van der Waals surface area contributed by atoms with Gasteiger partial charge in [-0.25, -0.2) is 0 Å². The zero-order valence-corrected chi connectivity index (χ0v) is 14.5. The Morgan fingerprint density at radius 3 is 1.55 bits per heavy atom. The van der Waals surface area contributed by atoms with Gasteiger partial charge in [0.1, 0.15) is 0 Å². The molecule has 0 spiro atoms. The lowest BCUT2D eigenvalue weighted by Crippen LogP contribution is -1.83. The molecule has 0 aromatic rings. The first-order valence-electron chi connectivity index (χ1n) is 8.20. The van der Waals surface area contributed by atoms with E-state index in [0.717, 1.165) is 44.9 Å². The van der Waals surface area contributed by atoms with Crippen molar-refractivity contribution in [3.05, 3.63) is 60.8 Å². The highest BCUT2D eigenvalue weighted by atomic mass is 35.5. The van der Waals surface area contributed by atoms with Gasteiger partial charge in [-0.3, -0.25) is 4.79 Å². The molecule has 0 aromatic carbocycles. The van der Waals surface area contributed by atoms with Crippen LogP contribution in [0.5, 0.6) is 0 Å². The normalized spacial score (nSPS) is 12.8. The van der Waals surface area contributed by atoms with Gasteiger partial charge in [-0.15, -0.1) is 0 Å². The Morgan fingerprint density at radius 2 is 1.14 bits per heavy atom. The Kier molecular flexibility index (Phi) is 16.6. The van der Waals surface area contributed by atoms with Crippen LogP contribution in [0.2, 0.25) is 0 Å². The molecule has 0 amide bonds. The number of allylic oxidation sites excluding steroid dienone is 10. The first-order valence-corrected chi connectivity index (χ1v) is 8.58. The zero-order valence-electron chi connectivity index (χ0n) is 13.7. The molecule has 0 heterocycles. The van der Waals surface area contributed by atoms with Gasteiger partial charge in [0.05, 0.1) is 0 Å². The third-order valence-electron chi connectivity index (χ3n) is 2.90. The third kappa shape index (κ3) is 18.7. The van der Waals surface area contributed by atoms with Crippen molar-refractivity contribution in [2.45, 2.75) is 58.3 Å². The molecule has 0 radical (unpaired) electrons. The molecule has 0 bridgehead atoms. The molecule has 122 valence electrons. The Balaban J connectivity index is 3.46. The van der Waals surface area contributed by atoms with Crippen LogP contribution in [0.25, 0.3) is 0 Å². The second-order valence-corrected chi connectivity index (χ2v) is 5.38. The maximum atomic E-state index is 10.5. The fourth-order valence-corrected chi connectivity index (χ4v) is 1.86. The van der Waals surface area contributed by atoms with Crippen molar-refractivity contribution >= 4 is 16.8 Å². The van der Waals surface area contributed by atoms with Gasteiger partial charge in [-0.05, 0) is 56.5 Å². The first kappa shape index (κ1) is 20.7. The second kappa shape index (κ2) is 17.7. The maximum absolute atomic E-state index is 10.5. The average molecular weight is 321 g/mol. The molecule has 0 aliphatic carbocycles. The quantitative estimate of drug-likeness (QED) is 0.210. The minimum absolute atomic E-state index is 0.243. The van der Waals surface area contributed by atoms with Gasteiger partial charge in [0, 0.05) is 6.42 Å². The van der Waals surface area contributed by atoms with Crippen LogP contribution >= 0.6 is 11.6 Å². The first-order chi connectivity index (χ1) is 10.8. The van der Waals surface area contributed by atoms with E-state index >= 15 is 0 Å². The number of halogens is 1. The highest BCUT2D eigenvalue weighted by Crippen LogP contribution is 2.01. The molecular formula is C20H29ClO. The Bertz CT molecular complexity index is 400. The van der Waals surface area contributed by atoms with Crippen LogP contribution in [0, 0.1) is 0 Å². The molecule has 0 aliphatic rings. The van der Waals surface area contributed by atoms with E-state index in [4.69, 9.17) is 11.6 Å². The average Bonchev–Trinajstić information content (AvgIpc) is 2.50. The van der Waals surface area contributed by atoms with E-state index < -0.39 is 0 Å². The second-order valence-electron chi connectivity index (χ2n) is 4.96. The number of carbonyl (C=O) groups is 1. The molecule has 2 heteroatoms. The summed E-state index contributed by atoms with van der Waals surface area (Å²) in [6, 6.07) is 0. The minimum atomic E-state index is -0.243. The monoisotopic (exact) mass is 320 g/mol. The number of hydrogen-bond donors (Lipinski definition) is 0. The molecule has 0 fully saturated rings. The van der Waals surface area contributed by atoms with Gasteiger partial charge in [0.15, 0.2) is 0 Å². The van der Waals surface area contributed by atoms with E-state index in [2.05, 4.69) is 67.7 Å². The summed E-state index contributed by atoms with van der Waals surface area (Å²) in [5, 5.41) is -0.243. The van der Waals surface area contributed by atoms with Crippen molar-refractivity contribution in [1.82, 2.24) is 0 Å². The van der Waals surface area contributed by atoms with Gasteiger partial charge in [-0.1, -0.05) is 67.7 Å². The van der Waals surface area contributed by atoms with Crippen LogP contribution in [0.15, 0.2) is 60.8 Å². The van der Waals surface area contributed by atoms with Gasteiger partial charge in [-0.2, -0.15) is 0 Å². The summed E-state index contributed by atoms with van der Waals surface area (Å²) in [5.41, 5.74) is 0. The van der Waals surface area contributed by atoms with Crippen molar-refractivity contribution in [2.24, 2.45) is 0 Å². The molecular weight excluding hydrogens is 292 g/mol. The SMILES string of the molecule is CCC=CCC=CCC=CC/C=C\C/C=C\CCCC(=O)Cl. The number of hydrogen-bond acceptors (Lipinski definition) is 1. The molecule has 0 aromatic heterocycles. The smallest absolute Gasteiger partial charge is 0.221 e. The molecule has 1 nitrogen and oxygen atoms in total. The largest absolute Gasteiger partial charge is 0.281 e. The fourth-order valence-electron chi connectivity index (χ4n) is 1.73. The minimum Gasteiger partial charge on any atom is -0.281 e. The Labute approximate surface area is 141 Å². The van der Waals surface area contributed by atoms with Gasteiger partial charge < -0.3 is 0 Å². The van der Waals surface area contributed by atoms with Crippen molar-refractivity contribution in [3.63, 3.8) is 0 Å². The molecule has 0 unspecified atom stereocenters. The zero-order chi connectivity index (χ0) is 16.3. The van der Waals surface area contributed by atoms with E-state index in [1.165, 1.54) is 0 Å². The summed E-state index contributed by atoms with van der Waals surface area (Å²) < 4.78 is 0. The molecule has 0 rings (SSSR count). The van der Waals surface area contributed by atoms with E-state index in [0.29, 0.717) is 6.42 Å². The van der Waals surface area contributed by atoms with E-state index in [9.17, 15) is 4.79 Å². The molecule has 0 saturated carbocycles. The Morgan fingerprint density at radius 1 is 0.727 bits per heavy atom. The lowest BCUT2D eigenvalue weighted by Gasteiger charge is -1.89. The lowest BCUT2D eigenvalue weighted by molar-refractivity contribution is -0.111. The summed E-state index contributed by atoms with van der Waals surface area (Å²) >= 11 is 5.26. The van der Waals surface area contributed by atoms with Gasteiger partial charge in [0.25, 0.3) is 0 Å². The van der Waals surface area contributed by atoms with Crippen LogP contribution in [0.3, 0.4) is 0 Å². The number of carbonyl (C=O) groups excluding carboxylic acids is 1. The predicted octanol–water partition coefficient (Wildman–Crippen LogP) is 6.67. The molecule has 22 heavy (non-hydrogen) atoms. The van der Waals surface area contributed by atoms with Crippen LogP contribution in [-0.4, -0.2) is 5.24 Å². The van der Waals surface area contributed by atoms with Crippen molar-refractivity contribution in [1.29, 1.82) is 0 Å². The van der Waals surface area contributed by atoms with Gasteiger partial charge >= 0.3 is 0 Å². The summed E-state index contributed by atoms with van der Waals surface area (Å²) in [4.78, 5) is 10.5. The third-order valence-corrected chi connectivity index (χ3v) is 3.09. The molecule has 0 atom stereocenters. The molecule has 0 N–H and O–H groups in total. The molecule has 0 aliphatic heterocycles.